The molecule has 0 bridgehead atoms. The molecule has 11 rings (SSSR count). The third-order valence-corrected chi connectivity index (χ3v) is 25.2. The van der Waals surface area contributed by atoms with E-state index in [9.17, 15) is 97.0 Å². The average Bonchev–Trinajstić information content (AvgIpc) is 0.672. The maximum atomic E-state index is 15.4. The average molecular weight is 1400 g/mol. The molecule has 4 saturated carbocycles. The summed E-state index contributed by atoms with van der Waals surface area (Å²) < 4.78 is 71.9. The summed E-state index contributed by atoms with van der Waals surface area (Å²) in [5.41, 5.74) is -3.15. The summed E-state index contributed by atoms with van der Waals surface area (Å²) in [6.45, 7) is 13.0. The van der Waals surface area contributed by atoms with E-state index in [1.54, 1.807) is 0 Å². The fourth-order valence-electron chi connectivity index (χ4n) is 19.1. The van der Waals surface area contributed by atoms with Crippen molar-refractivity contribution < 1.29 is 159 Å². The molecular weight excluding hydrogens is 1290 g/mol. The minimum Gasteiger partial charge on any atom is -0.432 e. The number of allylic oxidation sites excluding steroid dienone is 2. The van der Waals surface area contributed by atoms with Gasteiger partial charge in [-0.25, -0.2) is 0 Å². The van der Waals surface area contributed by atoms with E-state index < -0.39 is 257 Å². The Morgan fingerprint density at radius 1 is 0.495 bits per heavy atom. The van der Waals surface area contributed by atoms with Crippen LogP contribution in [0.15, 0.2) is 11.6 Å². The van der Waals surface area contributed by atoms with Crippen molar-refractivity contribution in [1.82, 2.24) is 0 Å². The highest BCUT2D eigenvalue weighted by molar-refractivity contribution is 5.80. The maximum Gasteiger partial charge on any atom is 0.317 e. The number of carbonyl (C=O) groups is 1. The zero-order valence-electron chi connectivity index (χ0n) is 55.9. The van der Waals surface area contributed by atoms with Gasteiger partial charge in [0.25, 0.3) is 0 Å². The summed E-state index contributed by atoms with van der Waals surface area (Å²) in [7, 11) is 0. The number of hydrogen-bond acceptors (Lipinski definition) is 32. The Morgan fingerprint density at radius 3 is 1.61 bits per heavy atom. The van der Waals surface area contributed by atoms with Gasteiger partial charge in [0.2, 0.25) is 6.29 Å². The lowest BCUT2D eigenvalue weighted by Gasteiger charge is -2.71. The molecule has 97 heavy (non-hydrogen) atoms. The number of aliphatic hydroxyl groups is 19. The fraction of sp³-hybridized carbons (Fsp3) is 0.954. The summed E-state index contributed by atoms with van der Waals surface area (Å²) in [4.78, 5) is 15.4. The van der Waals surface area contributed by atoms with E-state index >= 15 is 4.79 Å². The number of rotatable bonds is 16. The monoisotopic (exact) mass is 1400 g/mol. The van der Waals surface area contributed by atoms with Crippen molar-refractivity contribution >= 4 is 5.97 Å². The van der Waals surface area contributed by atoms with Gasteiger partial charge >= 0.3 is 5.97 Å². The minimum absolute atomic E-state index is 0.00102. The first-order valence-corrected chi connectivity index (χ1v) is 34.2. The van der Waals surface area contributed by atoms with Gasteiger partial charge in [0.05, 0.1) is 51.3 Å². The van der Waals surface area contributed by atoms with Crippen LogP contribution in [0, 0.1) is 50.2 Å². The molecule has 5 aliphatic carbocycles. The van der Waals surface area contributed by atoms with E-state index in [1.165, 1.54) is 6.92 Å². The van der Waals surface area contributed by atoms with Crippen LogP contribution in [0.4, 0.5) is 0 Å². The van der Waals surface area contributed by atoms with Crippen LogP contribution in [0.1, 0.15) is 113 Å². The molecule has 558 valence electrons. The molecule has 0 aromatic rings. The molecule has 6 heterocycles. The first-order chi connectivity index (χ1) is 45.5. The van der Waals surface area contributed by atoms with Crippen LogP contribution < -0.4 is 0 Å². The minimum atomic E-state index is -2.01. The molecule has 0 unspecified atom stereocenters. The summed E-state index contributed by atoms with van der Waals surface area (Å²) in [6, 6.07) is 0. The smallest absolute Gasteiger partial charge is 0.317 e. The van der Waals surface area contributed by atoms with E-state index in [4.69, 9.17) is 56.8 Å². The Balaban J connectivity index is 0.801. The second kappa shape index (κ2) is 28.5. The highest BCUT2D eigenvalue weighted by Crippen LogP contribution is 2.76. The molecule has 19 N–H and O–H groups in total. The second-order valence-corrected chi connectivity index (χ2v) is 31.6. The molecular formula is C65H106O32. The van der Waals surface area contributed by atoms with Crippen LogP contribution in [-0.4, -0.2) is 326 Å². The summed E-state index contributed by atoms with van der Waals surface area (Å²) >= 11 is 0. The van der Waals surface area contributed by atoms with Gasteiger partial charge in [-0.05, 0) is 110 Å². The van der Waals surface area contributed by atoms with E-state index in [0.717, 1.165) is 5.57 Å². The number of esters is 1. The van der Waals surface area contributed by atoms with Gasteiger partial charge in [-0.3, -0.25) is 4.79 Å². The first kappa shape index (κ1) is 76.1. The molecule has 38 atom stereocenters. The first-order valence-electron chi connectivity index (χ1n) is 34.2. The lowest BCUT2D eigenvalue weighted by atomic mass is 9.33. The standard InChI is InChI=1S/C65H106O32/c1-24-36(71)40(75)45(80)54(88-24)95-51-30(21-68)91-53(49(84)44(51)79)87-23-31-39(74)43(78)48(83)57(92-31)97-59(85)65-16-15-60(2,3)17-26(65)25-9-10-33-62(6)13-12-35(61(4,5)32(62)11-14-63(33,7)64(25,8)18-34(65)70)93-58-52(96-56-47(82)42(77)38(73)29(20-67)90-56)50(27(69)22-86-58)94-55-46(81)41(76)37(72)28(19-66)89-55/h9,24,26-58,66-84H,10-23H2,1-8H3/t24-,26-,27-,28-,29-,30+,31+,32-,33-,34-,35-,36-,37-,38-,39+,40+,41+,42+,43-,44+,45-,46-,47-,48+,49+,50+,51+,52-,53+,54+,55+,56+,57-,58+,62+,63-,64+,65-/m0/s1. The molecule has 11 aliphatic rings. The number of hydrogen-bond donors (Lipinski definition) is 19. The zero-order chi connectivity index (χ0) is 70.9. The van der Waals surface area contributed by atoms with Crippen LogP contribution in [0.25, 0.3) is 0 Å². The van der Waals surface area contributed by atoms with Crippen molar-refractivity contribution in [3.8, 4) is 0 Å². The number of fused-ring (bicyclic) bond motifs is 7. The predicted octanol–water partition coefficient (Wildman–Crippen LogP) is -5.75. The molecule has 0 amide bonds. The Labute approximate surface area is 561 Å². The lowest BCUT2D eigenvalue weighted by molar-refractivity contribution is -0.389. The largest absolute Gasteiger partial charge is 0.432 e. The van der Waals surface area contributed by atoms with Crippen LogP contribution in [0.5, 0.6) is 0 Å². The topological polar surface area (TPSA) is 512 Å². The van der Waals surface area contributed by atoms with Crippen LogP contribution in [0.2, 0.25) is 0 Å². The molecule has 10 fully saturated rings. The molecule has 6 saturated heterocycles. The van der Waals surface area contributed by atoms with Crippen molar-refractivity contribution in [1.29, 1.82) is 0 Å². The number of carbonyl (C=O) groups excluding carboxylic acids is 1. The van der Waals surface area contributed by atoms with E-state index in [-0.39, 0.29) is 35.5 Å². The molecule has 32 heteroatoms. The number of ether oxygens (including phenoxy) is 12. The quantitative estimate of drug-likeness (QED) is 0.0389. The van der Waals surface area contributed by atoms with Gasteiger partial charge in [-0.2, -0.15) is 0 Å². The maximum absolute atomic E-state index is 15.4. The summed E-state index contributed by atoms with van der Waals surface area (Å²) in [5.74, 6) is -1.52. The Morgan fingerprint density at radius 2 is 1.01 bits per heavy atom. The highest BCUT2D eigenvalue weighted by atomic mass is 16.8. The van der Waals surface area contributed by atoms with E-state index in [1.807, 2.05) is 0 Å². The van der Waals surface area contributed by atoms with Crippen molar-refractivity contribution in [2.45, 2.75) is 304 Å². The fourth-order valence-corrected chi connectivity index (χ4v) is 19.1. The number of aliphatic hydroxyl groups excluding tert-OH is 19. The Bertz CT molecular complexity index is 2730. The van der Waals surface area contributed by atoms with Crippen LogP contribution >= 0.6 is 0 Å². The lowest BCUT2D eigenvalue weighted by Crippen LogP contribution is -2.68. The van der Waals surface area contributed by atoms with Gasteiger partial charge in [0, 0.05) is 0 Å². The Hall–Kier alpha value is -1.99. The third-order valence-electron chi connectivity index (χ3n) is 25.2. The molecule has 0 aromatic carbocycles. The second-order valence-electron chi connectivity index (χ2n) is 31.6. The van der Waals surface area contributed by atoms with Crippen LogP contribution in [0.3, 0.4) is 0 Å². The van der Waals surface area contributed by atoms with Gasteiger partial charge in [0.15, 0.2) is 31.5 Å². The Kier molecular flexibility index (Phi) is 22.4. The molecule has 6 aliphatic heterocycles. The molecule has 0 radical (unpaired) electrons. The molecule has 0 spiro atoms. The highest BCUT2D eigenvalue weighted by Gasteiger charge is 2.72. The van der Waals surface area contributed by atoms with Gasteiger partial charge in [-0.15, -0.1) is 0 Å². The van der Waals surface area contributed by atoms with E-state index in [0.29, 0.717) is 44.9 Å². The predicted molar refractivity (Wildman–Crippen MR) is 322 cm³/mol. The summed E-state index contributed by atoms with van der Waals surface area (Å²) in [5, 5.41) is 207. The van der Waals surface area contributed by atoms with Gasteiger partial charge in [0.1, 0.15) is 140 Å². The molecule has 32 nitrogen and oxygen atoms in total. The summed E-state index contributed by atoms with van der Waals surface area (Å²) in [6.07, 6.45) is -44.8. The zero-order valence-corrected chi connectivity index (χ0v) is 55.9. The van der Waals surface area contributed by atoms with Crippen molar-refractivity contribution in [3.05, 3.63) is 11.6 Å². The third kappa shape index (κ3) is 13.0. The SMILES string of the molecule is C[C@@H]1O[C@H](O[C@H]2[C@H](O)[C@@H](O)[C@H](OC[C@H]3O[C@@H](OC(=O)[C@@]45CCC(C)(C)C[C@H]4C4=CC[C@H]6[C@]7(C)CC[C@H](O[C@H]8OC[C@H](O)[C@@H](O[C@H]9O[C@@H](CO)[C@H](O)[C@@H](O)[C@@H]9O)[C@@H]8O[C@H]8O[C@@H](CO)[C@H](O)[C@@H](O)[C@@H]8O)C(C)(C)[C@@H]7CC[C@]6(C)[C@]4(C)C[C@@H]5O)[C@H](O)[C@@H](O)[C@@H]3O)O[C@@H]2CO)[C@@H](O)[C@H](O)[C@H]1O. The van der Waals surface area contributed by atoms with Crippen molar-refractivity contribution in [2.24, 2.45) is 50.2 Å². The van der Waals surface area contributed by atoms with Crippen molar-refractivity contribution in [2.75, 3.05) is 33.0 Å². The van der Waals surface area contributed by atoms with Crippen LogP contribution in [-0.2, 0) is 61.6 Å². The molecule has 0 aromatic heterocycles. The van der Waals surface area contributed by atoms with E-state index in [2.05, 4.69) is 54.5 Å². The van der Waals surface area contributed by atoms with Gasteiger partial charge < -0.3 is 154 Å². The van der Waals surface area contributed by atoms with Gasteiger partial charge in [-0.1, -0.05) is 60.1 Å². The van der Waals surface area contributed by atoms with Crippen molar-refractivity contribution in [3.63, 3.8) is 0 Å². The normalized spacial score (nSPS) is 54.5.